The Kier molecular flexibility index (Phi) is 24.4. The molecule has 0 aliphatic carbocycles. The standard InChI is InChI=1S/C6H13NO2.C2H6.CH3F/c1-6(8)7(2)4-5-9-3;2*1-2/h4-5H2,1-3H3;1-2H3;1H3. The smallest absolute Gasteiger partial charge is 0.219 e. The highest BCUT2D eigenvalue weighted by atomic mass is 19.1. The predicted molar refractivity (Wildman–Crippen MR) is 53.6 cm³/mol. The molecule has 0 rings (SSSR count). The highest BCUT2D eigenvalue weighted by Gasteiger charge is 1.98. The molecule has 13 heavy (non-hydrogen) atoms. The summed E-state index contributed by atoms with van der Waals surface area (Å²) in [4.78, 5) is 12.1. The van der Waals surface area contributed by atoms with Gasteiger partial charge in [-0.3, -0.25) is 9.18 Å². The Bertz CT molecular complexity index is 99.6. The van der Waals surface area contributed by atoms with Crippen molar-refractivity contribution in [2.75, 3.05) is 34.5 Å². The lowest BCUT2D eigenvalue weighted by Crippen LogP contribution is -2.27. The van der Waals surface area contributed by atoms with Crippen molar-refractivity contribution in [1.82, 2.24) is 4.90 Å². The molecule has 1 amide bonds. The van der Waals surface area contributed by atoms with Crippen LogP contribution in [0.5, 0.6) is 0 Å². The maximum Gasteiger partial charge on any atom is 0.219 e. The molecule has 0 aliphatic rings. The molecule has 0 aliphatic heterocycles. The number of halogens is 1. The van der Waals surface area contributed by atoms with Crippen LogP contribution in [0.3, 0.4) is 0 Å². The van der Waals surface area contributed by atoms with Crippen molar-refractivity contribution in [2.45, 2.75) is 20.8 Å². The summed E-state index contributed by atoms with van der Waals surface area (Å²) in [6.07, 6.45) is 0. The quantitative estimate of drug-likeness (QED) is 0.686. The molecule has 0 atom stereocenters. The van der Waals surface area contributed by atoms with E-state index in [1.807, 2.05) is 13.8 Å². The summed E-state index contributed by atoms with van der Waals surface area (Å²) in [7, 11) is 3.87. The number of carbonyl (C=O) groups excluding carboxylic acids is 1. The minimum Gasteiger partial charge on any atom is -0.383 e. The van der Waals surface area contributed by atoms with Crippen LogP contribution < -0.4 is 0 Å². The fourth-order valence-electron chi connectivity index (χ4n) is 0.386. The first-order chi connectivity index (χ1) is 6.18. The molecule has 0 aromatic heterocycles. The van der Waals surface area contributed by atoms with Gasteiger partial charge in [-0.1, -0.05) is 13.8 Å². The zero-order valence-electron chi connectivity index (χ0n) is 9.56. The Balaban J connectivity index is -0.000000218. The third-order valence-electron chi connectivity index (χ3n) is 1.17. The maximum absolute atomic E-state index is 10.5. The van der Waals surface area contributed by atoms with E-state index in [4.69, 9.17) is 4.74 Å². The molecular formula is C9H22FNO2. The molecule has 4 heteroatoms. The van der Waals surface area contributed by atoms with E-state index in [0.717, 1.165) is 0 Å². The first-order valence-electron chi connectivity index (χ1n) is 4.27. The zero-order chi connectivity index (χ0) is 11.3. The molecule has 0 fully saturated rings. The molecule has 0 radical (unpaired) electrons. The molecule has 0 N–H and O–H groups in total. The van der Waals surface area contributed by atoms with E-state index in [1.54, 1.807) is 19.1 Å². The van der Waals surface area contributed by atoms with Crippen LogP contribution in [0.2, 0.25) is 0 Å². The Hall–Kier alpha value is -0.640. The molecule has 0 heterocycles. The van der Waals surface area contributed by atoms with E-state index in [0.29, 0.717) is 20.3 Å². The number of hydrogen-bond donors (Lipinski definition) is 0. The number of likely N-dealkylation sites (N-methyl/N-ethyl adjacent to an activating group) is 1. The van der Waals surface area contributed by atoms with Crippen LogP contribution in [0.4, 0.5) is 4.39 Å². The van der Waals surface area contributed by atoms with Crippen molar-refractivity contribution >= 4 is 5.91 Å². The lowest BCUT2D eigenvalue weighted by molar-refractivity contribution is -0.128. The molecule has 3 nitrogen and oxygen atoms in total. The Morgan fingerprint density at radius 3 is 2.00 bits per heavy atom. The van der Waals surface area contributed by atoms with E-state index >= 15 is 0 Å². The first kappa shape index (κ1) is 18.2. The Morgan fingerprint density at radius 2 is 1.77 bits per heavy atom. The van der Waals surface area contributed by atoms with Gasteiger partial charge < -0.3 is 9.64 Å². The van der Waals surface area contributed by atoms with Gasteiger partial charge in [0.2, 0.25) is 5.91 Å². The average molecular weight is 195 g/mol. The summed E-state index contributed by atoms with van der Waals surface area (Å²) < 4.78 is 14.3. The largest absolute Gasteiger partial charge is 0.383 e. The van der Waals surface area contributed by atoms with Gasteiger partial charge in [-0.05, 0) is 0 Å². The predicted octanol–water partition coefficient (Wildman–Crippen LogP) is 1.72. The molecule has 0 unspecified atom stereocenters. The number of nitrogens with zero attached hydrogens (tertiary/aromatic N) is 1. The fraction of sp³-hybridized carbons (Fsp3) is 0.889. The van der Waals surface area contributed by atoms with E-state index in [1.165, 1.54) is 6.92 Å². The van der Waals surface area contributed by atoms with Crippen LogP contribution in [0, 0.1) is 0 Å². The number of amides is 1. The van der Waals surface area contributed by atoms with Crippen LogP contribution in [-0.2, 0) is 9.53 Å². The number of alkyl halides is 1. The lowest BCUT2D eigenvalue weighted by atomic mass is 10.5. The van der Waals surface area contributed by atoms with Crippen molar-refractivity contribution in [2.24, 2.45) is 0 Å². The van der Waals surface area contributed by atoms with Gasteiger partial charge in [0.25, 0.3) is 0 Å². The van der Waals surface area contributed by atoms with Gasteiger partial charge in [0.15, 0.2) is 0 Å². The summed E-state index contributed by atoms with van der Waals surface area (Å²) in [6, 6.07) is 0. The van der Waals surface area contributed by atoms with Gasteiger partial charge in [0.1, 0.15) is 0 Å². The second kappa shape index (κ2) is 17.4. The summed E-state index contributed by atoms with van der Waals surface area (Å²) >= 11 is 0. The molecule has 82 valence electrons. The van der Waals surface area contributed by atoms with Gasteiger partial charge in [0, 0.05) is 27.6 Å². The zero-order valence-corrected chi connectivity index (χ0v) is 9.56. The minimum atomic E-state index is 0.0760. The molecule has 0 spiro atoms. The summed E-state index contributed by atoms with van der Waals surface area (Å²) in [5.41, 5.74) is 0. The average Bonchev–Trinajstić information content (AvgIpc) is 2.20. The Morgan fingerprint density at radius 1 is 1.38 bits per heavy atom. The monoisotopic (exact) mass is 195 g/mol. The second-order valence-corrected chi connectivity index (χ2v) is 1.93. The number of methoxy groups -OCH3 is 1. The van der Waals surface area contributed by atoms with Crippen LogP contribution in [0.1, 0.15) is 20.8 Å². The van der Waals surface area contributed by atoms with Crippen LogP contribution in [-0.4, -0.2) is 45.3 Å². The lowest BCUT2D eigenvalue weighted by Gasteiger charge is -2.12. The van der Waals surface area contributed by atoms with Crippen molar-refractivity contribution in [1.29, 1.82) is 0 Å². The van der Waals surface area contributed by atoms with Gasteiger partial charge in [0.05, 0.1) is 13.8 Å². The van der Waals surface area contributed by atoms with Crippen molar-refractivity contribution < 1.29 is 13.9 Å². The molecule has 0 aromatic rings. The van der Waals surface area contributed by atoms with E-state index in [-0.39, 0.29) is 5.91 Å². The number of ether oxygens (including phenoxy) is 1. The first-order valence-corrected chi connectivity index (χ1v) is 4.27. The number of carbonyl (C=O) groups is 1. The van der Waals surface area contributed by atoms with Crippen LogP contribution in [0.25, 0.3) is 0 Å². The molecule has 0 saturated carbocycles. The minimum absolute atomic E-state index is 0.0760. The SMILES string of the molecule is CC.CF.COCCN(C)C(C)=O. The van der Waals surface area contributed by atoms with E-state index < -0.39 is 0 Å². The topological polar surface area (TPSA) is 29.5 Å². The van der Waals surface area contributed by atoms with Gasteiger partial charge in [-0.2, -0.15) is 0 Å². The maximum atomic E-state index is 10.5. The van der Waals surface area contributed by atoms with Crippen molar-refractivity contribution in [3.63, 3.8) is 0 Å². The van der Waals surface area contributed by atoms with E-state index in [9.17, 15) is 9.18 Å². The van der Waals surface area contributed by atoms with Gasteiger partial charge >= 0.3 is 0 Å². The normalized spacial score (nSPS) is 7.31. The van der Waals surface area contributed by atoms with E-state index in [2.05, 4.69) is 0 Å². The third kappa shape index (κ3) is 18.4. The molecule has 0 bridgehead atoms. The summed E-state index contributed by atoms with van der Waals surface area (Å²) in [5.74, 6) is 0.0760. The summed E-state index contributed by atoms with van der Waals surface area (Å²) in [5, 5.41) is 0. The second-order valence-electron chi connectivity index (χ2n) is 1.93. The molecule has 0 saturated heterocycles. The Labute approximate surface area is 80.9 Å². The fourth-order valence-corrected chi connectivity index (χ4v) is 0.386. The van der Waals surface area contributed by atoms with Gasteiger partial charge in [-0.25, -0.2) is 0 Å². The van der Waals surface area contributed by atoms with Crippen molar-refractivity contribution in [3.8, 4) is 0 Å². The highest BCUT2D eigenvalue weighted by molar-refractivity contribution is 5.72. The number of hydrogen-bond acceptors (Lipinski definition) is 2. The van der Waals surface area contributed by atoms with Crippen molar-refractivity contribution in [3.05, 3.63) is 0 Å². The third-order valence-corrected chi connectivity index (χ3v) is 1.17. The van der Waals surface area contributed by atoms with Crippen LogP contribution >= 0.6 is 0 Å². The van der Waals surface area contributed by atoms with Gasteiger partial charge in [-0.15, -0.1) is 0 Å². The molecule has 0 aromatic carbocycles. The summed E-state index contributed by atoms with van der Waals surface area (Å²) in [6.45, 7) is 6.82. The molecular weight excluding hydrogens is 173 g/mol. The highest BCUT2D eigenvalue weighted by Crippen LogP contribution is 1.81. The number of rotatable bonds is 3. The van der Waals surface area contributed by atoms with Crippen LogP contribution in [0.15, 0.2) is 0 Å².